The van der Waals surface area contributed by atoms with E-state index in [-0.39, 0.29) is 38.9 Å². The first-order valence-electron chi connectivity index (χ1n) is 11.2. The van der Waals surface area contributed by atoms with E-state index in [1.807, 2.05) is 36.4 Å². The molecule has 1 fully saturated rings. The van der Waals surface area contributed by atoms with Gasteiger partial charge in [0.25, 0.3) is 0 Å². The van der Waals surface area contributed by atoms with E-state index in [0.717, 1.165) is 27.2 Å². The lowest BCUT2D eigenvalue weighted by atomic mass is 9.83. The van der Waals surface area contributed by atoms with Gasteiger partial charge in [0, 0.05) is 12.5 Å². The first kappa shape index (κ1) is 23.7. The highest BCUT2D eigenvalue weighted by molar-refractivity contribution is 5.87. The molecule has 1 aliphatic heterocycles. The lowest BCUT2D eigenvalue weighted by molar-refractivity contribution is -0.150. The van der Waals surface area contributed by atoms with Crippen LogP contribution in [0.3, 0.4) is 0 Å². The molecule has 0 spiro atoms. The van der Waals surface area contributed by atoms with Gasteiger partial charge in [-0.2, -0.15) is 0 Å². The van der Waals surface area contributed by atoms with Crippen LogP contribution in [0.25, 0.3) is 11.1 Å². The zero-order chi connectivity index (χ0) is 24.3. The number of carbonyl (C=O) groups excluding carboxylic acids is 2. The van der Waals surface area contributed by atoms with Crippen LogP contribution in [-0.2, 0) is 19.1 Å². The molecule has 1 heterocycles. The third-order valence-corrected chi connectivity index (χ3v) is 6.56. The van der Waals surface area contributed by atoms with Gasteiger partial charge in [0.2, 0.25) is 5.91 Å². The molecular weight excluding hydrogens is 440 g/mol. The molecule has 3 N–H and O–H groups in total. The lowest BCUT2D eigenvalue weighted by Crippen LogP contribution is -2.55. The molecule has 2 atom stereocenters. The fourth-order valence-electron chi connectivity index (χ4n) is 4.76. The molecular formula is C25H28N2O7. The molecule has 2 aromatic carbocycles. The predicted octanol–water partition coefficient (Wildman–Crippen LogP) is 1.84. The van der Waals surface area contributed by atoms with E-state index in [1.54, 1.807) is 6.92 Å². The molecule has 34 heavy (non-hydrogen) atoms. The SMILES string of the molecule is CC1(C(=O)N(CCO)CC(=O)O)COCC1NC(=O)OCC1c2ccccc2-c2ccccc21. The number of nitrogens with one attached hydrogen (secondary N) is 1. The van der Waals surface area contributed by atoms with Crippen molar-refractivity contribution in [3.8, 4) is 11.1 Å². The summed E-state index contributed by atoms with van der Waals surface area (Å²) in [6.07, 6.45) is -0.677. The van der Waals surface area contributed by atoms with Crippen LogP contribution >= 0.6 is 0 Å². The van der Waals surface area contributed by atoms with Crippen molar-refractivity contribution in [1.82, 2.24) is 10.2 Å². The minimum Gasteiger partial charge on any atom is -0.480 e. The van der Waals surface area contributed by atoms with E-state index < -0.39 is 36.0 Å². The van der Waals surface area contributed by atoms with Gasteiger partial charge in [0.05, 0.1) is 31.3 Å². The van der Waals surface area contributed by atoms with Crippen LogP contribution in [0, 0.1) is 5.41 Å². The van der Waals surface area contributed by atoms with Crippen molar-refractivity contribution < 1.29 is 34.1 Å². The van der Waals surface area contributed by atoms with Crippen molar-refractivity contribution in [2.24, 2.45) is 5.41 Å². The Balaban J connectivity index is 1.43. The molecule has 1 aliphatic carbocycles. The van der Waals surface area contributed by atoms with Crippen LogP contribution in [0.2, 0.25) is 0 Å². The van der Waals surface area contributed by atoms with Crippen LogP contribution in [0.5, 0.6) is 0 Å². The zero-order valence-corrected chi connectivity index (χ0v) is 18.9. The number of carboxylic acid groups (broad SMARTS) is 1. The summed E-state index contributed by atoms with van der Waals surface area (Å²) in [5.41, 5.74) is 3.24. The summed E-state index contributed by atoms with van der Waals surface area (Å²) in [5.74, 6) is -1.79. The van der Waals surface area contributed by atoms with Gasteiger partial charge in [-0.05, 0) is 29.2 Å². The van der Waals surface area contributed by atoms with Gasteiger partial charge >= 0.3 is 12.1 Å². The molecule has 2 unspecified atom stereocenters. The molecule has 2 aliphatic rings. The number of nitrogens with zero attached hydrogens (tertiary/aromatic N) is 1. The smallest absolute Gasteiger partial charge is 0.407 e. The van der Waals surface area contributed by atoms with Gasteiger partial charge in [0.15, 0.2) is 0 Å². The average Bonchev–Trinajstić information content (AvgIpc) is 3.35. The number of fused-ring (bicyclic) bond motifs is 3. The molecule has 0 bridgehead atoms. The monoisotopic (exact) mass is 468 g/mol. The van der Waals surface area contributed by atoms with Crippen LogP contribution in [0.15, 0.2) is 48.5 Å². The molecule has 180 valence electrons. The minimum atomic E-state index is -1.19. The summed E-state index contributed by atoms with van der Waals surface area (Å²) in [5, 5.41) is 21.1. The molecule has 0 radical (unpaired) electrons. The number of rotatable bonds is 8. The summed E-state index contributed by atoms with van der Waals surface area (Å²) in [6, 6.07) is 15.3. The molecule has 9 heteroatoms. The Hall–Kier alpha value is -3.43. The van der Waals surface area contributed by atoms with Gasteiger partial charge in [-0.15, -0.1) is 0 Å². The third-order valence-electron chi connectivity index (χ3n) is 6.56. The summed E-state index contributed by atoms with van der Waals surface area (Å²) in [7, 11) is 0. The predicted molar refractivity (Wildman–Crippen MR) is 122 cm³/mol. The quantitative estimate of drug-likeness (QED) is 0.540. The van der Waals surface area contributed by atoms with E-state index >= 15 is 0 Å². The topological polar surface area (TPSA) is 125 Å². The molecule has 0 saturated carbocycles. The Morgan fingerprint density at radius 2 is 1.74 bits per heavy atom. The maximum Gasteiger partial charge on any atom is 0.407 e. The summed E-state index contributed by atoms with van der Waals surface area (Å²) in [4.78, 5) is 38.0. The second kappa shape index (κ2) is 9.82. The highest BCUT2D eigenvalue weighted by atomic mass is 16.5. The number of benzene rings is 2. The molecule has 1 saturated heterocycles. The number of carboxylic acids is 1. The van der Waals surface area contributed by atoms with Crippen LogP contribution < -0.4 is 5.32 Å². The van der Waals surface area contributed by atoms with Crippen LogP contribution in [0.4, 0.5) is 4.79 Å². The number of aliphatic carboxylic acids is 1. The Bertz CT molecular complexity index is 1040. The van der Waals surface area contributed by atoms with E-state index in [9.17, 15) is 19.5 Å². The number of hydrogen-bond acceptors (Lipinski definition) is 6. The fourth-order valence-corrected chi connectivity index (χ4v) is 4.76. The van der Waals surface area contributed by atoms with Crippen molar-refractivity contribution in [3.05, 3.63) is 59.7 Å². The number of carbonyl (C=O) groups is 3. The third kappa shape index (κ3) is 4.49. The second-order valence-corrected chi connectivity index (χ2v) is 8.80. The number of hydrogen-bond donors (Lipinski definition) is 3. The van der Waals surface area contributed by atoms with E-state index in [4.69, 9.17) is 14.6 Å². The lowest BCUT2D eigenvalue weighted by Gasteiger charge is -2.33. The summed E-state index contributed by atoms with van der Waals surface area (Å²) < 4.78 is 11.1. The minimum absolute atomic E-state index is 0.0156. The van der Waals surface area contributed by atoms with Crippen molar-refractivity contribution in [2.75, 3.05) is 39.5 Å². The van der Waals surface area contributed by atoms with Gasteiger partial charge in [-0.1, -0.05) is 48.5 Å². The van der Waals surface area contributed by atoms with Crippen molar-refractivity contribution in [2.45, 2.75) is 18.9 Å². The Kier molecular flexibility index (Phi) is 6.85. The number of ether oxygens (including phenoxy) is 2. The van der Waals surface area contributed by atoms with E-state index in [0.29, 0.717) is 0 Å². The number of aliphatic hydroxyl groups is 1. The largest absolute Gasteiger partial charge is 0.480 e. The first-order valence-corrected chi connectivity index (χ1v) is 11.2. The Morgan fingerprint density at radius 1 is 1.12 bits per heavy atom. The van der Waals surface area contributed by atoms with Gasteiger partial charge in [0.1, 0.15) is 13.2 Å². The molecule has 4 rings (SSSR count). The number of amides is 2. The first-order chi connectivity index (χ1) is 16.3. The summed E-state index contributed by atoms with van der Waals surface area (Å²) >= 11 is 0. The van der Waals surface area contributed by atoms with Gasteiger partial charge < -0.3 is 29.9 Å². The maximum atomic E-state index is 13.1. The summed E-state index contributed by atoms with van der Waals surface area (Å²) in [6.45, 7) is 0.802. The van der Waals surface area contributed by atoms with Crippen molar-refractivity contribution >= 4 is 18.0 Å². The van der Waals surface area contributed by atoms with Crippen molar-refractivity contribution in [3.63, 3.8) is 0 Å². The van der Waals surface area contributed by atoms with E-state index in [1.165, 1.54) is 0 Å². The average molecular weight is 469 g/mol. The zero-order valence-electron chi connectivity index (χ0n) is 18.9. The van der Waals surface area contributed by atoms with Crippen molar-refractivity contribution in [1.29, 1.82) is 0 Å². The molecule has 0 aromatic heterocycles. The molecule has 9 nitrogen and oxygen atoms in total. The maximum absolute atomic E-state index is 13.1. The number of alkyl carbamates (subject to hydrolysis) is 1. The number of aliphatic hydroxyl groups excluding tert-OH is 1. The van der Waals surface area contributed by atoms with Gasteiger partial charge in [-0.25, -0.2) is 4.79 Å². The molecule has 2 aromatic rings. The highest BCUT2D eigenvalue weighted by Gasteiger charge is 2.49. The Labute approximate surface area is 197 Å². The second-order valence-electron chi connectivity index (χ2n) is 8.80. The van der Waals surface area contributed by atoms with Crippen LogP contribution in [0.1, 0.15) is 24.0 Å². The van der Waals surface area contributed by atoms with Crippen LogP contribution in [-0.4, -0.2) is 78.6 Å². The fraction of sp³-hybridized carbons (Fsp3) is 0.400. The van der Waals surface area contributed by atoms with Gasteiger partial charge in [-0.3, -0.25) is 9.59 Å². The highest BCUT2D eigenvalue weighted by Crippen LogP contribution is 2.44. The van der Waals surface area contributed by atoms with E-state index in [2.05, 4.69) is 17.4 Å². The standard InChI is InChI=1S/C25H28N2O7/c1-25(23(31)27(10-11-28)12-22(29)30)15-33-14-21(25)26-24(32)34-13-20-18-8-4-2-6-16(18)17-7-3-5-9-19(17)20/h2-9,20-21,28H,10-15H2,1H3,(H,26,32)(H,29,30). The molecule has 2 amide bonds. The normalized spacial score (nSPS) is 20.9. The Morgan fingerprint density at radius 3 is 2.32 bits per heavy atom.